The summed E-state index contributed by atoms with van der Waals surface area (Å²) in [6, 6.07) is 14.6. The molecule has 112 valence electrons. The molecule has 0 spiro atoms. The SMILES string of the molecule is COc1ccc(C(=O)N(CCC#N)Cc2ccccn2)cc1. The van der Waals surface area contributed by atoms with Crippen molar-refractivity contribution in [3.05, 3.63) is 59.9 Å². The Morgan fingerprint density at radius 3 is 2.64 bits per heavy atom. The largest absolute Gasteiger partial charge is 0.497 e. The lowest BCUT2D eigenvalue weighted by molar-refractivity contribution is 0.0745. The van der Waals surface area contributed by atoms with Crippen molar-refractivity contribution in [2.45, 2.75) is 13.0 Å². The predicted octanol–water partition coefficient (Wildman–Crippen LogP) is 2.65. The summed E-state index contributed by atoms with van der Waals surface area (Å²) in [6.45, 7) is 0.755. The third-order valence-electron chi connectivity index (χ3n) is 3.20. The number of aromatic nitrogens is 1. The van der Waals surface area contributed by atoms with Gasteiger partial charge in [-0.1, -0.05) is 6.07 Å². The van der Waals surface area contributed by atoms with Crippen molar-refractivity contribution in [2.75, 3.05) is 13.7 Å². The highest BCUT2D eigenvalue weighted by Gasteiger charge is 2.16. The third-order valence-corrected chi connectivity index (χ3v) is 3.20. The number of methoxy groups -OCH3 is 1. The Morgan fingerprint density at radius 1 is 1.27 bits per heavy atom. The van der Waals surface area contributed by atoms with Crippen LogP contribution in [-0.4, -0.2) is 29.4 Å². The van der Waals surface area contributed by atoms with Crippen LogP contribution in [-0.2, 0) is 6.54 Å². The van der Waals surface area contributed by atoms with E-state index in [2.05, 4.69) is 11.1 Å². The van der Waals surface area contributed by atoms with E-state index in [0.717, 1.165) is 5.69 Å². The van der Waals surface area contributed by atoms with E-state index in [4.69, 9.17) is 10.00 Å². The molecule has 0 N–H and O–H groups in total. The third kappa shape index (κ3) is 4.06. The van der Waals surface area contributed by atoms with Crippen molar-refractivity contribution in [3.8, 4) is 11.8 Å². The molecule has 1 aromatic carbocycles. The lowest BCUT2D eigenvalue weighted by Crippen LogP contribution is -2.31. The van der Waals surface area contributed by atoms with Crippen LogP contribution in [0.3, 0.4) is 0 Å². The van der Waals surface area contributed by atoms with Crippen LogP contribution in [0.15, 0.2) is 48.7 Å². The minimum atomic E-state index is -0.122. The number of benzene rings is 1. The van der Waals surface area contributed by atoms with Gasteiger partial charge in [-0.2, -0.15) is 5.26 Å². The zero-order chi connectivity index (χ0) is 15.8. The molecule has 1 aromatic heterocycles. The molecule has 0 aliphatic heterocycles. The van der Waals surface area contributed by atoms with Crippen LogP contribution in [0.4, 0.5) is 0 Å². The molecule has 0 bridgehead atoms. The molecule has 0 fully saturated rings. The summed E-state index contributed by atoms with van der Waals surface area (Å²) in [4.78, 5) is 18.5. The van der Waals surface area contributed by atoms with E-state index in [-0.39, 0.29) is 12.3 Å². The van der Waals surface area contributed by atoms with Crippen molar-refractivity contribution in [3.63, 3.8) is 0 Å². The Kier molecular flexibility index (Phi) is 5.50. The first-order valence-corrected chi connectivity index (χ1v) is 6.95. The monoisotopic (exact) mass is 295 g/mol. The Balaban J connectivity index is 2.16. The van der Waals surface area contributed by atoms with Gasteiger partial charge in [-0.25, -0.2) is 0 Å². The molecule has 2 rings (SSSR count). The molecule has 1 amide bonds. The van der Waals surface area contributed by atoms with Gasteiger partial charge in [0.15, 0.2) is 0 Å². The van der Waals surface area contributed by atoms with Crippen LogP contribution < -0.4 is 4.74 Å². The van der Waals surface area contributed by atoms with Crippen LogP contribution in [0.25, 0.3) is 0 Å². The zero-order valence-electron chi connectivity index (χ0n) is 12.4. The van der Waals surface area contributed by atoms with Gasteiger partial charge in [-0.05, 0) is 36.4 Å². The van der Waals surface area contributed by atoms with Gasteiger partial charge in [-0.3, -0.25) is 9.78 Å². The molecule has 0 radical (unpaired) electrons. The molecule has 0 aliphatic rings. The van der Waals surface area contributed by atoms with Crippen LogP contribution >= 0.6 is 0 Å². The van der Waals surface area contributed by atoms with Gasteiger partial charge in [0.2, 0.25) is 0 Å². The van der Waals surface area contributed by atoms with Crippen molar-refractivity contribution >= 4 is 5.91 Å². The number of rotatable bonds is 6. The first-order valence-electron chi connectivity index (χ1n) is 6.95. The number of carbonyl (C=O) groups is 1. The van der Waals surface area contributed by atoms with Crippen LogP contribution in [0.2, 0.25) is 0 Å². The topological polar surface area (TPSA) is 66.2 Å². The number of ether oxygens (including phenoxy) is 1. The average Bonchev–Trinajstić information content (AvgIpc) is 2.59. The van der Waals surface area contributed by atoms with Crippen molar-refractivity contribution < 1.29 is 9.53 Å². The second-order valence-corrected chi connectivity index (χ2v) is 4.68. The van der Waals surface area contributed by atoms with Gasteiger partial charge in [-0.15, -0.1) is 0 Å². The second kappa shape index (κ2) is 7.79. The fourth-order valence-electron chi connectivity index (χ4n) is 2.04. The molecule has 5 nitrogen and oxygen atoms in total. The van der Waals surface area contributed by atoms with Crippen molar-refractivity contribution in [1.82, 2.24) is 9.88 Å². The summed E-state index contributed by atoms with van der Waals surface area (Å²) < 4.78 is 5.09. The molecule has 5 heteroatoms. The molecule has 0 atom stereocenters. The first kappa shape index (κ1) is 15.5. The maximum Gasteiger partial charge on any atom is 0.254 e. The number of hydrogen-bond donors (Lipinski definition) is 0. The van der Waals surface area contributed by atoms with Gasteiger partial charge in [0.05, 0.1) is 31.8 Å². The van der Waals surface area contributed by atoms with Crippen LogP contribution in [0.1, 0.15) is 22.5 Å². The van der Waals surface area contributed by atoms with Gasteiger partial charge < -0.3 is 9.64 Å². The average molecular weight is 295 g/mol. The molecule has 22 heavy (non-hydrogen) atoms. The Morgan fingerprint density at radius 2 is 2.05 bits per heavy atom. The molecule has 2 aromatic rings. The van der Waals surface area contributed by atoms with Gasteiger partial charge in [0.25, 0.3) is 5.91 Å². The Bertz CT molecular complexity index is 648. The van der Waals surface area contributed by atoms with E-state index < -0.39 is 0 Å². The molecule has 0 unspecified atom stereocenters. The van der Waals surface area contributed by atoms with Crippen LogP contribution in [0, 0.1) is 11.3 Å². The summed E-state index contributed by atoms with van der Waals surface area (Å²) >= 11 is 0. The molecule has 1 heterocycles. The first-order chi connectivity index (χ1) is 10.7. The van der Waals surface area contributed by atoms with Crippen molar-refractivity contribution in [1.29, 1.82) is 5.26 Å². The summed E-state index contributed by atoms with van der Waals surface area (Å²) in [5.74, 6) is 0.577. The van der Waals surface area contributed by atoms with Crippen LogP contribution in [0.5, 0.6) is 5.75 Å². The smallest absolute Gasteiger partial charge is 0.254 e. The highest BCUT2D eigenvalue weighted by molar-refractivity contribution is 5.94. The maximum absolute atomic E-state index is 12.6. The molecular weight excluding hydrogens is 278 g/mol. The zero-order valence-corrected chi connectivity index (χ0v) is 12.4. The Hall–Kier alpha value is -2.87. The second-order valence-electron chi connectivity index (χ2n) is 4.68. The number of carbonyl (C=O) groups excluding carboxylic acids is 1. The van der Waals surface area contributed by atoms with E-state index in [1.54, 1.807) is 42.5 Å². The normalized spacial score (nSPS) is 9.82. The lowest BCUT2D eigenvalue weighted by atomic mass is 10.1. The lowest BCUT2D eigenvalue weighted by Gasteiger charge is -2.21. The van der Waals surface area contributed by atoms with Gasteiger partial charge in [0, 0.05) is 18.3 Å². The minimum absolute atomic E-state index is 0.122. The number of nitrogens with zero attached hydrogens (tertiary/aromatic N) is 3. The summed E-state index contributed by atoms with van der Waals surface area (Å²) in [6.07, 6.45) is 1.98. The number of pyridine rings is 1. The standard InChI is InChI=1S/C17H17N3O2/c1-22-16-8-6-14(7-9-16)17(21)20(12-4-10-18)13-15-5-2-3-11-19-15/h2-3,5-9,11H,4,12-13H2,1H3. The quantitative estimate of drug-likeness (QED) is 0.821. The Labute approximate surface area is 129 Å². The van der Waals surface area contributed by atoms with E-state index in [1.807, 2.05) is 18.2 Å². The number of hydrogen-bond acceptors (Lipinski definition) is 4. The van der Waals surface area contributed by atoms with E-state index in [1.165, 1.54) is 0 Å². The fraction of sp³-hybridized carbons (Fsp3) is 0.235. The number of nitriles is 1. The van der Waals surface area contributed by atoms with Crippen molar-refractivity contribution in [2.24, 2.45) is 0 Å². The highest BCUT2D eigenvalue weighted by Crippen LogP contribution is 2.14. The molecular formula is C17H17N3O2. The van der Waals surface area contributed by atoms with Gasteiger partial charge in [0.1, 0.15) is 5.75 Å². The predicted molar refractivity (Wildman–Crippen MR) is 82.2 cm³/mol. The summed E-state index contributed by atoms with van der Waals surface area (Å²) in [7, 11) is 1.58. The maximum atomic E-state index is 12.6. The number of amides is 1. The molecule has 0 aliphatic carbocycles. The van der Waals surface area contributed by atoms with E-state index in [0.29, 0.717) is 24.4 Å². The molecule has 0 saturated heterocycles. The summed E-state index contributed by atoms with van der Waals surface area (Å²) in [5.41, 5.74) is 1.36. The van der Waals surface area contributed by atoms with Gasteiger partial charge >= 0.3 is 0 Å². The van der Waals surface area contributed by atoms with E-state index >= 15 is 0 Å². The minimum Gasteiger partial charge on any atom is -0.497 e. The molecule has 0 saturated carbocycles. The fourth-order valence-corrected chi connectivity index (χ4v) is 2.04. The highest BCUT2D eigenvalue weighted by atomic mass is 16.5. The summed E-state index contributed by atoms with van der Waals surface area (Å²) in [5, 5.41) is 8.78. The van der Waals surface area contributed by atoms with E-state index in [9.17, 15) is 4.79 Å².